The third-order valence-corrected chi connectivity index (χ3v) is 4.27. The average Bonchev–Trinajstić information content (AvgIpc) is 3.23. The van der Waals surface area contributed by atoms with Gasteiger partial charge < -0.3 is 4.74 Å². The zero-order chi connectivity index (χ0) is 15.5. The summed E-state index contributed by atoms with van der Waals surface area (Å²) in [4.78, 5) is 11.6. The molecule has 0 aliphatic heterocycles. The highest BCUT2D eigenvalue weighted by Gasteiger charge is 2.48. The van der Waals surface area contributed by atoms with Crippen molar-refractivity contribution in [3.63, 3.8) is 0 Å². The van der Waals surface area contributed by atoms with E-state index in [0.29, 0.717) is 12.3 Å². The number of hydrogen-bond acceptors (Lipinski definition) is 4. The molecule has 1 fully saturated rings. The maximum absolute atomic E-state index is 13.5. The molecule has 2 rings (SSSR count). The second kappa shape index (κ2) is 6.07. The van der Waals surface area contributed by atoms with Crippen molar-refractivity contribution in [1.29, 1.82) is 0 Å². The molecule has 1 aromatic rings. The largest absolute Gasteiger partial charge is 0.481 e. The van der Waals surface area contributed by atoms with E-state index in [0.717, 1.165) is 12.8 Å². The molecule has 0 saturated heterocycles. The van der Waals surface area contributed by atoms with Gasteiger partial charge in [0.25, 0.3) is 5.91 Å². The van der Waals surface area contributed by atoms with Gasteiger partial charge >= 0.3 is 15.5 Å². The quantitative estimate of drug-likeness (QED) is 0.835. The van der Waals surface area contributed by atoms with Gasteiger partial charge in [0.2, 0.25) is 0 Å². The molecule has 1 aromatic carbocycles. The Kier molecular flexibility index (Phi) is 4.58. The third-order valence-electron chi connectivity index (χ3n) is 3.07. The predicted molar refractivity (Wildman–Crippen MR) is 71.1 cm³/mol. The van der Waals surface area contributed by atoms with Crippen molar-refractivity contribution in [1.82, 2.24) is 4.72 Å². The van der Waals surface area contributed by atoms with Crippen LogP contribution in [0.2, 0.25) is 0 Å². The summed E-state index contributed by atoms with van der Waals surface area (Å²) in [6.45, 7) is -0.363. The van der Waals surface area contributed by atoms with Gasteiger partial charge in [-0.15, -0.1) is 0 Å². The molecule has 116 valence electrons. The molecule has 1 N–H and O–H groups in total. The minimum atomic E-state index is -5.24. The fraction of sp³-hybridized carbons (Fsp3) is 0.462. The van der Waals surface area contributed by atoms with Gasteiger partial charge in [0.1, 0.15) is 0 Å². The molecule has 8 heteroatoms. The highest BCUT2D eigenvalue weighted by Crippen LogP contribution is 2.33. The lowest BCUT2D eigenvalue weighted by Crippen LogP contribution is -2.44. The van der Waals surface area contributed by atoms with Crippen LogP contribution in [0.15, 0.2) is 30.3 Å². The fourth-order valence-corrected chi connectivity index (χ4v) is 2.38. The molecular formula is C13H15F2NO4S. The number of ether oxygens (including phenoxy) is 1. The van der Waals surface area contributed by atoms with Gasteiger partial charge in [0.05, 0.1) is 6.61 Å². The first-order valence-electron chi connectivity index (χ1n) is 6.45. The number of rotatable bonds is 7. The molecule has 21 heavy (non-hydrogen) atoms. The van der Waals surface area contributed by atoms with Crippen LogP contribution in [0.25, 0.3) is 0 Å². The van der Waals surface area contributed by atoms with Crippen molar-refractivity contribution >= 4 is 15.9 Å². The number of halogens is 2. The monoisotopic (exact) mass is 319 g/mol. The molecular weight excluding hydrogens is 304 g/mol. The van der Waals surface area contributed by atoms with Gasteiger partial charge in [-0.25, -0.2) is 4.72 Å². The fourth-order valence-electron chi connectivity index (χ4n) is 1.66. The van der Waals surface area contributed by atoms with Crippen molar-refractivity contribution < 1.29 is 26.7 Å². The lowest BCUT2D eigenvalue weighted by molar-refractivity contribution is -0.171. The number of carbonyl (C=O) groups is 1. The Morgan fingerprint density at radius 3 is 2.48 bits per heavy atom. The summed E-state index contributed by atoms with van der Waals surface area (Å²) in [5, 5.41) is 0. The molecule has 1 aliphatic carbocycles. The van der Waals surface area contributed by atoms with Crippen molar-refractivity contribution in [3.05, 3.63) is 35.9 Å². The average molecular weight is 319 g/mol. The Labute approximate surface area is 121 Å². The Bertz CT molecular complexity index is 600. The van der Waals surface area contributed by atoms with Crippen LogP contribution < -0.4 is 4.72 Å². The van der Waals surface area contributed by atoms with Crippen LogP contribution in [0.3, 0.4) is 0 Å². The van der Waals surface area contributed by atoms with Gasteiger partial charge in [-0.1, -0.05) is 31.0 Å². The van der Waals surface area contributed by atoms with Crippen LogP contribution in [0.4, 0.5) is 8.78 Å². The Morgan fingerprint density at radius 1 is 1.29 bits per heavy atom. The zero-order valence-corrected chi connectivity index (χ0v) is 11.9. The van der Waals surface area contributed by atoms with Crippen LogP contribution in [0.1, 0.15) is 29.6 Å². The molecule has 0 spiro atoms. The van der Waals surface area contributed by atoms with Crippen molar-refractivity contribution in [2.45, 2.75) is 24.7 Å². The molecule has 0 unspecified atom stereocenters. The van der Waals surface area contributed by atoms with Crippen LogP contribution in [-0.4, -0.2) is 26.4 Å². The van der Waals surface area contributed by atoms with E-state index in [-0.39, 0.29) is 12.2 Å². The van der Waals surface area contributed by atoms with E-state index >= 15 is 0 Å². The third kappa shape index (κ3) is 4.21. The van der Waals surface area contributed by atoms with Crippen molar-refractivity contribution in [2.75, 3.05) is 6.61 Å². The predicted octanol–water partition coefficient (Wildman–Crippen LogP) is 2.11. The molecule has 0 heterocycles. The van der Waals surface area contributed by atoms with E-state index in [1.165, 1.54) is 29.0 Å². The van der Waals surface area contributed by atoms with Crippen molar-refractivity contribution in [2.24, 2.45) is 5.92 Å². The minimum absolute atomic E-state index is 0.0325. The molecule has 0 aromatic heterocycles. The second-order valence-corrected chi connectivity index (χ2v) is 6.53. The summed E-state index contributed by atoms with van der Waals surface area (Å²) >= 11 is 0. The summed E-state index contributed by atoms with van der Waals surface area (Å²) in [5.74, 6) is -0.788. The van der Waals surface area contributed by atoms with Crippen LogP contribution in [0.5, 0.6) is 0 Å². The standard InChI is InChI=1S/C13H15F2NO4S/c14-13(15,20-9-8-10-6-7-10)21(18,19)16-12(17)11-4-2-1-3-5-11/h1-5,10H,6-9H2,(H,16,17). The molecule has 0 radical (unpaired) electrons. The highest BCUT2D eigenvalue weighted by atomic mass is 32.2. The molecule has 1 amide bonds. The Hall–Kier alpha value is -1.54. The van der Waals surface area contributed by atoms with Crippen LogP contribution >= 0.6 is 0 Å². The minimum Gasteiger partial charge on any atom is -0.306 e. The molecule has 0 atom stereocenters. The Morgan fingerprint density at radius 2 is 1.90 bits per heavy atom. The molecule has 5 nitrogen and oxygen atoms in total. The maximum atomic E-state index is 13.5. The smallest absolute Gasteiger partial charge is 0.306 e. The van der Waals surface area contributed by atoms with E-state index in [4.69, 9.17) is 0 Å². The second-order valence-electron chi connectivity index (χ2n) is 4.84. The normalized spacial score (nSPS) is 15.7. The van der Waals surface area contributed by atoms with Crippen molar-refractivity contribution in [3.8, 4) is 0 Å². The molecule has 1 aliphatic rings. The first kappa shape index (κ1) is 15.8. The van der Waals surface area contributed by atoms with Gasteiger partial charge in [0.15, 0.2) is 0 Å². The van der Waals surface area contributed by atoms with E-state index in [9.17, 15) is 22.0 Å². The number of sulfonamides is 1. The van der Waals surface area contributed by atoms with Gasteiger partial charge in [-0.2, -0.15) is 17.2 Å². The first-order chi connectivity index (χ1) is 9.82. The lowest BCUT2D eigenvalue weighted by Gasteiger charge is -2.17. The summed E-state index contributed by atoms with van der Waals surface area (Å²) in [7, 11) is -5.24. The topological polar surface area (TPSA) is 72.5 Å². The molecule has 1 saturated carbocycles. The molecule has 0 bridgehead atoms. The summed E-state index contributed by atoms with van der Waals surface area (Å²) < 4.78 is 55.6. The Balaban J connectivity index is 1.96. The first-order valence-corrected chi connectivity index (χ1v) is 7.94. The number of benzene rings is 1. The summed E-state index contributed by atoms with van der Waals surface area (Å²) in [5.41, 5.74) is -4.47. The SMILES string of the molecule is O=C(NS(=O)(=O)C(F)(F)OCCC1CC1)c1ccccc1. The van der Waals surface area contributed by atoms with E-state index in [2.05, 4.69) is 4.74 Å². The summed E-state index contributed by atoms with van der Waals surface area (Å²) in [6, 6.07) is 7.23. The number of carbonyl (C=O) groups excluding carboxylic acids is 1. The summed E-state index contributed by atoms with van der Waals surface area (Å²) in [6.07, 6.45) is 2.29. The maximum Gasteiger partial charge on any atom is 0.481 e. The van der Waals surface area contributed by atoms with Gasteiger partial charge in [0, 0.05) is 5.56 Å². The van der Waals surface area contributed by atoms with Gasteiger partial charge in [-0.3, -0.25) is 4.79 Å². The zero-order valence-electron chi connectivity index (χ0n) is 11.1. The lowest BCUT2D eigenvalue weighted by atomic mass is 10.2. The number of alkyl halides is 2. The van der Waals surface area contributed by atoms with Gasteiger partial charge in [-0.05, 0) is 24.5 Å². The van der Waals surface area contributed by atoms with Crippen LogP contribution in [-0.2, 0) is 14.8 Å². The van der Waals surface area contributed by atoms with E-state index in [1.807, 2.05) is 0 Å². The number of nitrogens with one attached hydrogen (secondary N) is 1. The number of hydrogen-bond donors (Lipinski definition) is 1. The van der Waals surface area contributed by atoms with E-state index < -0.39 is 21.4 Å². The highest BCUT2D eigenvalue weighted by molar-refractivity contribution is 7.90. The number of amides is 1. The van der Waals surface area contributed by atoms with E-state index in [1.54, 1.807) is 6.07 Å². The van der Waals surface area contributed by atoms with Crippen LogP contribution in [0, 0.1) is 5.92 Å².